The molecular formula is C20H23NO3. The van der Waals surface area contributed by atoms with Crippen LogP contribution in [0.3, 0.4) is 0 Å². The number of ketones is 1. The number of fused-ring (bicyclic) bond motifs is 1. The van der Waals surface area contributed by atoms with Gasteiger partial charge in [0.05, 0.1) is 0 Å². The molecule has 0 N–H and O–H groups in total. The van der Waals surface area contributed by atoms with E-state index < -0.39 is 0 Å². The second-order valence-electron chi connectivity index (χ2n) is 6.44. The Hall–Kier alpha value is -2.33. The smallest absolute Gasteiger partial charge is 0.231 e. The minimum Gasteiger partial charge on any atom is -0.454 e. The van der Waals surface area contributed by atoms with Gasteiger partial charge in [-0.2, -0.15) is 0 Å². The van der Waals surface area contributed by atoms with E-state index in [1.165, 1.54) is 0 Å². The molecule has 0 aromatic heterocycles. The molecule has 0 amide bonds. The first-order valence-corrected chi connectivity index (χ1v) is 8.21. The van der Waals surface area contributed by atoms with Crippen LogP contribution in [-0.4, -0.2) is 37.6 Å². The Morgan fingerprint density at radius 3 is 2.50 bits per heavy atom. The average Bonchev–Trinajstić information content (AvgIpc) is 3.07. The molecule has 1 heterocycles. The van der Waals surface area contributed by atoms with Crippen molar-refractivity contribution in [2.75, 3.05) is 20.9 Å². The fourth-order valence-electron chi connectivity index (χ4n) is 2.88. The summed E-state index contributed by atoms with van der Waals surface area (Å²) in [5.74, 6) is 1.29. The van der Waals surface area contributed by atoms with Gasteiger partial charge in [0.1, 0.15) is 0 Å². The van der Waals surface area contributed by atoms with Crippen molar-refractivity contribution >= 4 is 5.78 Å². The number of carbonyl (C=O) groups is 1. The van der Waals surface area contributed by atoms with E-state index in [1.807, 2.05) is 56.6 Å². The Morgan fingerprint density at radius 1 is 1.08 bits per heavy atom. The molecule has 0 aliphatic carbocycles. The molecule has 0 fully saturated rings. The molecular weight excluding hydrogens is 302 g/mol. The van der Waals surface area contributed by atoms with Crippen LogP contribution >= 0.6 is 0 Å². The van der Waals surface area contributed by atoms with E-state index in [0.29, 0.717) is 23.1 Å². The standard InChI is InChI=1S/C20H23NO3/c1-14(21(2)3)11-17(15-7-5-4-6-8-15)20(22)16-9-10-18-19(12-16)24-13-23-18/h4-10,12,14,17H,11,13H2,1-3H3. The number of benzene rings is 2. The van der Waals surface area contributed by atoms with Gasteiger partial charge in [-0.25, -0.2) is 0 Å². The van der Waals surface area contributed by atoms with Gasteiger partial charge in [-0.1, -0.05) is 30.3 Å². The third-order valence-corrected chi connectivity index (χ3v) is 4.63. The molecule has 24 heavy (non-hydrogen) atoms. The van der Waals surface area contributed by atoms with Crippen LogP contribution in [0.5, 0.6) is 11.5 Å². The van der Waals surface area contributed by atoms with Crippen LogP contribution in [0.1, 0.15) is 35.2 Å². The third-order valence-electron chi connectivity index (χ3n) is 4.63. The Labute approximate surface area is 143 Å². The first-order chi connectivity index (χ1) is 11.6. The van der Waals surface area contributed by atoms with Crippen molar-refractivity contribution < 1.29 is 14.3 Å². The Balaban J connectivity index is 1.91. The Kier molecular flexibility index (Phi) is 4.86. The van der Waals surface area contributed by atoms with E-state index in [0.717, 1.165) is 12.0 Å². The van der Waals surface area contributed by atoms with Gasteiger partial charge in [-0.05, 0) is 51.2 Å². The molecule has 4 heteroatoms. The minimum absolute atomic E-state index is 0.119. The molecule has 0 spiro atoms. The van der Waals surface area contributed by atoms with Gasteiger partial charge in [0.2, 0.25) is 6.79 Å². The zero-order valence-electron chi connectivity index (χ0n) is 14.4. The second-order valence-corrected chi connectivity index (χ2v) is 6.44. The van der Waals surface area contributed by atoms with Gasteiger partial charge in [0.15, 0.2) is 17.3 Å². The second kappa shape index (κ2) is 7.05. The normalized spacial score (nSPS) is 15.3. The molecule has 3 rings (SSSR count). The largest absolute Gasteiger partial charge is 0.454 e. The van der Waals surface area contributed by atoms with Gasteiger partial charge in [-0.3, -0.25) is 4.79 Å². The predicted molar refractivity (Wildman–Crippen MR) is 93.8 cm³/mol. The third kappa shape index (κ3) is 3.44. The summed E-state index contributed by atoms with van der Waals surface area (Å²) in [4.78, 5) is 15.3. The molecule has 0 bridgehead atoms. The maximum absolute atomic E-state index is 13.2. The zero-order chi connectivity index (χ0) is 17.1. The molecule has 0 radical (unpaired) electrons. The molecule has 0 saturated heterocycles. The van der Waals surface area contributed by atoms with Gasteiger partial charge in [0.25, 0.3) is 0 Å². The van der Waals surface area contributed by atoms with Gasteiger partial charge in [-0.15, -0.1) is 0 Å². The summed E-state index contributed by atoms with van der Waals surface area (Å²) in [7, 11) is 4.08. The highest BCUT2D eigenvalue weighted by Gasteiger charge is 2.26. The maximum atomic E-state index is 13.2. The van der Waals surface area contributed by atoms with Crippen LogP contribution in [-0.2, 0) is 0 Å². The molecule has 126 valence electrons. The Bertz CT molecular complexity index is 712. The molecule has 4 nitrogen and oxygen atoms in total. The van der Waals surface area contributed by atoms with Crippen LogP contribution < -0.4 is 9.47 Å². The lowest BCUT2D eigenvalue weighted by atomic mass is 9.85. The van der Waals surface area contributed by atoms with E-state index in [1.54, 1.807) is 6.07 Å². The lowest BCUT2D eigenvalue weighted by Crippen LogP contribution is -2.29. The van der Waals surface area contributed by atoms with E-state index in [4.69, 9.17) is 9.47 Å². The van der Waals surface area contributed by atoms with Crippen LogP contribution in [0.15, 0.2) is 48.5 Å². The molecule has 0 saturated carbocycles. The number of carbonyl (C=O) groups excluding carboxylic acids is 1. The SMILES string of the molecule is CC(CC(C(=O)c1ccc2c(c1)OCO2)c1ccccc1)N(C)C. The van der Waals surface area contributed by atoms with Crippen molar-refractivity contribution in [2.24, 2.45) is 0 Å². The summed E-state index contributed by atoms with van der Waals surface area (Å²) in [6.45, 7) is 2.36. The minimum atomic E-state index is -0.177. The Morgan fingerprint density at radius 2 is 1.79 bits per heavy atom. The fourth-order valence-corrected chi connectivity index (χ4v) is 2.88. The summed E-state index contributed by atoms with van der Waals surface area (Å²) in [6.07, 6.45) is 0.768. The van der Waals surface area contributed by atoms with Crippen LogP contribution in [0.2, 0.25) is 0 Å². The maximum Gasteiger partial charge on any atom is 0.231 e. The summed E-state index contributed by atoms with van der Waals surface area (Å²) >= 11 is 0. The summed E-state index contributed by atoms with van der Waals surface area (Å²) in [6, 6.07) is 15.7. The van der Waals surface area contributed by atoms with Crippen molar-refractivity contribution in [1.29, 1.82) is 0 Å². The van der Waals surface area contributed by atoms with Crippen molar-refractivity contribution in [3.8, 4) is 11.5 Å². The highest BCUT2D eigenvalue weighted by Crippen LogP contribution is 2.35. The number of Topliss-reactive ketones (excluding diaryl/α,β-unsaturated/α-hetero) is 1. The van der Waals surface area contributed by atoms with E-state index in [9.17, 15) is 4.79 Å². The highest BCUT2D eigenvalue weighted by atomic mass is 16.7. The fraction of sp³-hybridized carbons (Fsp3) is 0.350. The van der Waals surface area contributed by atoms with E-state index >= 15 is 0 Å². The van der Waals surface area contributed by atoms with Crippen LogP contribution in [0.4, 0.5) is 0 Å². The molecule has 2 aromatic carbocycles. The molecule has 1 aliphatic rings. The average molecular weight is 325 g/mol. The molecule has 1 aliphatic heterocycles. The van der Waals surface area contributed by atoms with Gasteiger partial charge < -0.3 is 14.4 Å². The van der Waals surface area contributed by atoms with Crippen molar-refractivity contribution in [3.05, 3.63) is 59.7 Å². The first kappa shape index (κ1) is 16.5. The van der Waals surface area contributed by atoms with Gasteiger partial charge in [0, 0.05) is 17.5 Å². The summed E-state index contributed by atoms with van der Waals surface area (Å²) in [5, 5.41) is 0. The summed E-state index contributed by atoms with van der Waals surface area (Å²) < 4.78 is 10.7. The number of rotatable bonds is 6. The van der Waals surface area contributed by atoms with Crippen molar-refractivity contribution in [2.45, 2.75) is 25.3 Å². The molecule has 2 unspecified atom stereocenters. The van der Waals surface area contributed by atoms with Crippen molar-refractivity contribution in [1.82, 2.24) is 4.90 Å². The molecule has 2 atom stereocenters. The molecule has 2 aromatic rings. The van der Waals surface area contributed by atoms with Crippen molar-refractivity contribution in [3.63, 3.8) is 0 Å². The topological polar surface area (TPSA) is 38.8 Å². The number of nitrogens with zero attached hydrogens (tertiary/aromatic N) is 1. The summed E-state index contributed by atoms with van der Waals surface area (Å²) in [5.41, 5.74) is 1.72. The number of hydrogen-bond donors (Lipinski definition) is 0. The van der Waals surface area contributed by atoms with E-state index in [2.05, 4.69) is 11.8 Å². The van der Waals surface area contributed by atoms with Crippen LogP contribution in [0.25, 0.3) is 0 Å². The zero-order valence-corrected chi connectivity index (χ0v) is 14.4. The quantitative estimate of drug-likeness (QED) is 0.759. The predicted octanol–water partition coefficient (Wildman–Crippen LogP) is 3.72. The van der Waals surface area contributed by atoms with Gasteiger partial charge >= 0.3 is 0 Å². The number of hydrogen-bond acceptors (Lipinski definition) is 4. The lowest BCUT2D eigenvalue weighted by Gasteiger charge is -2.25. The monoisotopic (exact) mass is 325 g/mol. The highest BCUT2D eigenvalue weighted by molar-refractivity contribution is 6.01. The van der Waals surface area contributed by atoms with Crippen LogP contribution in [0, 0.1) is 0 Å². The lowest BCUT2D eigenvalue weighted by molar-refractivity contribution is 0.0941. The number of ether oxygens (including phenoxy) is 2. The van der Waals surface area contributed by atoms with E-state index in [-0.39, 0.29) is 18.5 Å². The first-order valence-electron chi connectivity index (χ1n) is 8.21.